The molecule has 2 aliphatic heterocycles. The van der Waals surface area contributed by atoms with E-state index in [2.05, 4.69) is 21.4 Å². The van der Waals surface area contributed by atoms with Crippen LogP contribution in [0.1, 0.15) is 18.1 Å². The molecule has 1 atom stereocenters. The van der Waals surface area contributed by atoms with Crippen LogP contribution in [0.3, 0.4) is 0 Å². The predicted molar refractivity (Wildman–Crippen MR) is 98.0 cm³/mol. The number of hydrogen-bond donors (Lipinski definition) is 1. The Labute approximate surface area is 153 Å². The number of nitrogens with one attached hydrogen (secondary N) is 1. The Bertz CT molecular complexity index is 905. The summed E-state index contributed by atoms with van der Waals surface area (Å²) in [5.41, 5.74) is 5.25. The Kier molecular flexibility index (Phi) is 3.84. The van der Waals surface area contributed by atoms with Gasteiger partial charge in [-0.2, -0.15) is 0 Å². The van der Waals surface area contributed by atoms with Crippen LogP contribution in [0.5, 0.6) is 5.75 Å². The van der Waals surface area contributed by atoms with Crippen molar-refractivity contribution in [3.05, 3.63) is 63.6 Å². The number of anilines is 1. The van der Waals surface area contributed by atoms with Crippen LogP contribution in [0.15, 0.2) is 52.5 Å². The molecule has 0 spiro atoms. The molecule has 0 aliphatic carbocycles. The third kappa shape index (κ3) is 2.93. The fourth-order valence-corrected chi connectivity index (χ4v) is 3.29. The van der Waals surface area contributed by atoms with Crippen molar-refractivity contribution in [3.63, 3.8) is 0 Å². The monoisotopic (exact) mass is 398 g/mol. The summed E-state index contributed by atoms with van der Waals surface area (Å²) < 4.78 is 6.58. The zero-order valence-corrected chi connectivity index (χ0v) is 15.0. The van der Waals surface area contributed by atoms with E-state index in [0.717, 1.165) is 27.8 Å². The minimum Gasteiger partial charge on any atom is -0.490 e. The summed E-state index contributed by atoms with van der Waals surface area (Å²) in [5, 5.41) is 1.26. The SMILES string of the molecule is C[C@H]1Cc2cc(/C=C3/C(=O)NN(c4ccc(Br)cc4)C3=O)ccc2O1. The summed E-state index contributed by atoms with van der Waals surface area (Å²) in [7, 11) is 0. The molecule has 6 heteroatoms. The molecule has 0 saturated carbocycles. The number of benzene rings is 2. The maximum Gasteiger partial charge on any atom is 0.282 e. The number of rotatable bonds is 2. The molecular weight excluding hydrogens is 384 g/mol. The Hall–Kier alpha value is -2.60. The molecule has 1 N–H and O–H groups in total. The molecule has 2 amide bonds. The lowest BCUT2D eigenvalue weighted by atomic mass is 10.0. The largest absolute Gasteiger partial charge is 0.490 e. The second-order valence-electron chi connectivity index (χ2n) is 6.12. The van der Waals surface area contributed by atoms with Gasteiger partial charge in [-0.25, -0.2) is 5.01 Å². The lowest BCUT2D eigenvalue weighted by molar-refractivity contribution is -0.117. The highest BCUT2D eigenvalue weighted by Gasteiger charge is 2.34. The summed E-state index contributed by atoms with van der Waals surface area (Å²) in [6.45, 7) is 2.02. The third-order valence-electron chi connectivity index (χ3n) is 4.21. The molecule has 5 nitrogen and oxygen atoms in total. The Morgan fingerprint density at radius 3 is 2.72 bits per heavy atom. The smallest absolute Gasteiger partial charge is 0.282 e. The van der Waals surface area contributed by atoms with Crippen LogP contribution >= 0.6 is 15.9 Å². The summed E-state index contributed by atoms with van der Waals surface area (Å²) in [4.78, 5) is 24.9. The van der Waals surface area contributed by atoms with Crippen LogP contribution in [0.25, 0.3) is 6.08 Å². The Balaban J connectivity index is 1.63. The van der Waals surface area contributed by atoms with Crippen molar-refractivity contribution in [1.29, 1.82) is 0 Å². The van der Waals surface area contributed by atoms with Gasteiger partial charge in [-0.3, -0.25) is 15.0 Å². The van der Waals surface area contributed by atoms with Gasteiger partial charge in [0.15, 0.2) is 0 Å². The molecule has 25 heavy (non-hydrogen) atoms. The van der Waals surface area contributed by atoms with Gasteiger partial charge >= 0.3 is 0 Å². The van der Waals surface area contributed by atoms with E-state index >= 15 is 0 Å². The number of halogens is 1. The molecule has 2 aromatic carbocycles. The molecule has 2 heterocycles. The second-order valence-corrected chi connectivity index (χ2v) is 7.03. The highest BCUT2D eigenvalue weighted by atomic mass is 79.9. The topological polar surface area (TPSA) is 58.6 Å². The fraction of sp³-hybridized carbons (Fsp3) is 0.158. The number of carbonyl (C=O) groups is 2. The molecule has 0 radical (unpaired) electrons. The first-order valence-corrected chi connectivity index (χ1v) is 8.73. The van der Waals surface area contributed by atoms with Gasteiger partial charge in [-0.15, -0.1) is 0 Å². The van der Waals surface area contributed by atoms with E-state index in [1.54, 1.807) is 18.2 Å². The van der Waals surface area contributed by atoms with Crippen LogP contribution in [0.2, 0.25) is 0 Å². The first-order valence-electron chi connectivity index (χ1n) is 7.93. The van der Waals surface area contributed by atoms with E-state index < -0.39 is 5.91 Å². The van der Waals surface area contributed by atoms with E-state index in [0.29, 0.717) is 5.69 Å². The summed E-state index contributed by atoms with van der Waals surface area (Å²) in [5.74, 6) is 0.101. The van der Waals surface area contributed by atoms with Gasteiger partial charge in [0.1, 0.15) is 17.4 Å². The van der Waals surface area contributed by atoms with Crippen molar-refractivity contribution >= 4 is 39.5 Å². The maximum atomic E-state index is 12.6. The third-order valence-corrected chi connectivity index (χ3v) is 4.74. The van der Waals surface area contributed by atoms with Gasteiger partial charge < -0.3 is 4.74 Å². The molecule has 0 bridgehead atoms. The van der Waals surface area contributed by atoms with Crippen molar-refractivity contribution in [3.8, 4) is 5.75 Å². The highest BCUT2D eigenvalue weighted by molar-refractivity contribution is 9.10. The van der Waals surface area contributed by atoms with E-state index in [9.17, 15) is 9.59 Å². The normalized spacial score (nSPS) is 20.6. The van der Waals surface area contributed by atoms with Gasteiger partial charge in [-0.1, -0.05) is 22.0 Å². The molecule has 4 rings (SSSR count). The minimum absolute atomic E-state index is 0.120. The van der Waals surface area contributed by atoms with Crippen LogP contribution in [0, 0.1) is 0 Å². The van der Waals surface area contributed by atoms with Crippen LogP contribution in [0.4, 0.5) is 5.69 Å². The summed E-state index contributed by atoms with van der Waals surface area (Å²) in [6.07, 6.45) is 2.61. The standard InChI is InChI=1S/C19H15BrN2O3/c1-11-8-13-9-12(2-7-17(13)25-11)10-16-18(23)21-22(19(16)24)15-5-3-14(20)4-6-15/h2-7,9-11H,8H2,1H3,(H,21,23)/b16-10-/t11-/m0/s1. The summed E-state index contributed by atoms with van der Waals surface area (Å²) in [6, 6.07) is 12.9. The zero-order valence-electron chi connectivity index (χ0n) is 13.5. The average molecular weight is 399 g/mol. The summed E-state index contributed by atoms with van der Waals surface area (Å²) >= 11 is 3.35. The lowest BCUT2D eigenvalue weighted by Crippen LogP contribution is -2.35. The number of fused-ring (bicyclic) bond motifs is 1. The molecule has 126 valence electrons. The molecule has 0 unspecified atom stereocenters. The number of amides is 2. The number of hydrogen-bond acceptors (Lipinski definition) is 3. The van der Waals surface area contributed by atoms with Crippen molar-refractivity contribution in [2.24, 2.45) is 0 Å². The van der Waals surface area contributed by atoms with Gasteiger partial charge in [0, 0.05) is 10.9 Å². The number of hydrazine groups is 1. The van der Waals surface area contributed by atoms with E-state index in [-0.39, 0.29) is 17.6 Å². The highest BCUT2D eigenvalue weighted by Crippen LogP contribution is 2.30. The quantitative estimate of drug-likeness (QED) is 0.623. The van der Waals surface area contributed by atoms with Crippen molar-refractivity contribution in [2.75, 3.05) is 5.01 Å². The number of carbonyl (C=O) groups excluding carboxylic acids is 2. The molecule has 2 aromatic rings. The van der Waals surface area contributed by atoms with Crippen molar-refractivity contribution in [2.45, 2.75) is 19.4 Å². The van der Waals surface area contributed by atoms with Crippen LogP contribution in [-0.2, 0) is 16.0 Å². The van der Waals surface area contributed by atoms with E-state index in [1.807, 2.05) is 37.3 Å². The maximum absolute atomic E-state index is 12.6. The predicted octanol–water partition coefficient (Wildman–Crippen LogP) is 3.23. The minimum atomic E-state index is -0.405. The molecule has 1 saturated heterocycles. The Morgan fingerprint density at radius 2 is 1.96 bits per heavy atom. The van der Waals surface area contributed by atoms with Crippen molar-refractivity contribution < 1.29 is 14.3 Å². The van der Waals surface area contributed by atoms with E-state index in [1.165, 1.54) is 5.01 Å². The number of ether oxygens (including phenoxy) is 1. The molecule has 2 aliphatic rings. The molecule has 1 fully saturated rings. The van der Waals surface area contributed by atoms with Crippen LogP contribution < -0.4 is 15.2 Å². The fourth-order valence-electron chi connectivity index (χ4n) is 3.03. The molecular formula is C19H15BrN2O3. The molecule has 0 aromatic heterocycles. The first-order chi connectivity index (χ1) is 12.0. The van der Waals surface area contributed by atoms with Gasteiger partial charge in [0.25, 0.3) is 11.8 Å². The van der Waals surface area contributed by atoms with Gasteiger partial charge in [0.2, 0.25) is 0 Å². The lowest BCUT2D eigenvalue weighted by Gasteiger charge is -2.14. The van der Waals surface area contributed by atoms with Gasteiger partial charge in [-0.05, 0) is 60.5 Å². The Morgan fingerprint density at radius 1 is 1.20 bits per heavy atom. The van der Waals surface area contributed by atoms with E-state index in [4.69, 9.17) is 4.74 Å². The number of nitrogens with zero attached hydrogens (tertiary/aromatic N) is 1. The first kappa shape index (κ1) is 15.9. The average Bonchev–Trinajstić information content (AvgIpc) is 3.09. The van der Waals surface area contributed by atoms with Crippen LogP contribution in [-0.4, -0.2) is 17.9 Å². The zero-order chi connectivity index (χ0) is 17.6. The second kappa shape index (κ2) is 6.04. The van der Waals surface area contributed by atoms with Gasteiger partial charge in [0.05, 0.1) is 5.69 Å². The van der Waals surface area contributed by atoms with Crippen molar-refractivity contribution in [1.82, 2.24) is 5.43 Å².